The molecular formula is C13H10FN3O3. The van der Waals surface area contributed by atoms with Gasteiger partial charge in [-0.05, 0) is 18.2 Å². The maximum absolute atomic E-state index is 13.2. The topological polar surface area (TPSA) is 98.3 Å². The molecule has 2 aromatic carbocycles. The number of hydrogen-bond donors (Lipinski definition) is 2. The Kier molecular flexibility index (Phi) is 3.60. The average molecular weight is 275 g/mol. The van der Waals surface area contributed by atoms with Crippen molar-refractivity contribution in [2.24, 2.45) is 0 Å². The minimum absolute atomic E-state index is 0.294. The van der Waals surface area contributed by atoms with Crippen molar-refractivity contribution in [1.82, 2.24) is 0 Å². The van der Waals surface area contributed by atoms with Crippen LogP contribution in [0.3, 0.4) is 0 Å². The van der Waals surface area contributed by atoms with Gasteiger partial charge >= 0.3 is 0 Å². The van der Waals surface area contributed by atoms with Gasteiger partial charge in [-0.2, -0.15) is 0 Å². The van der Waals surface area contributed by atoms with Crippen LogP contribution in [0.5, 0.6) is 0 Å². The monoisotopic (exact) mass is 275 g/mol. The third kappa shape index (κ3) is 2.72. The molecule has 0 saturated carbocycles. The molecule has 1 amide bonds. The third-order valence-corrected chi connectivity index (χ3v) is 2.59. The second-order valence-corrected chi connectivity index (χ2v) is 3.97. The number of amides is 1. The highest BCUT2D eigenvalue weighted by molar-refractivity contribution is 6.07. The quantitative estimate of drug-likeness (QED) is 0.511. The first-order chi connectivity index (χ1) is 9.49. The summed E-state index contributed by atoms with van der Waals surface area (Å²) < 4.78 is 13.2. The lowest BCUT2D eigenvalue weighted by atomic mass is 10.1. The number of rotatable bonds is 3. The van der Waals surface area contributed by atoms with Gasteiger partial charge in [0, 0.05) is 5.69 Å². The first-order valence-electron chi connectivity index (χ1n) is 5.59. The second kappa shape index (κ2) is 5.35. The van der Waals surface area contributed by atoms with Crippen molar-refractivity contribution in [2.75, 3.05) is 11.1 Å². The molecule has 2 aromatic rings. The Balaban J connectivity index is 2.39. The zero-order chi connectivity index (χ0) is 14.7. The van der Waals surface area contributed by atoms with Gasteiger partial charge in [-0.3, -0.25) is 14.9 Å². The molecule has 0 bridgehead atoms. The summed E-state index contributed by atoms with van der Waals surface area (Å²) in [5.41, 5.74) is 4.56. The van der Waals surface area contributed by atoms with E-state index in [1.807, 2.05) is 0 Å². The predicted molar refractivity (Wildman–Crippen MR) is 71.9 cm³/mol. The highest BCUT2D eigenvalue weighted by Gasteiger charge is 2.23. The van der Waals surface area contributed by atoms with Crippen LogP contribution in [0.1, 0.15) is 10.4 Å². The molecule has 7 heteroatoms. The molecule has 0 unspecified atom stereocenters. The normalized spacial score (nSPS) is 10.1. The van der Waals surface area contributed by atoms with Gasteiger partial charge in [0.15, 0.2) is 5.82 Å². The molecule has 0 aliphatic heterocycles. The Hall–Kier alpha value is -2.96. The van der Waals surface area contributed by atoms with Crippen LogP contribution in [0.15, 0.2) is 42.5 Å². The van der Waals surface area contributed by atoms with Crippen LogP contribution in [0.25, 0.3) is 0 Å². The minimum Gasteiger partial charge on any atom is -0.396 e. The minimum atomic E-state index is -0.937. The fourth-order valence-corrected chi connectivity index (χ4v) is 1.63. The van der Waals surface area contributed by atoms with Crippen LogP contribution < -0.4 is 11.1 Å². The number of nitro groups is 1. The molecule has 2 rings (SSSR count). The number of nitrogens with one attached hydrogen (secondary N) is 1. The van der Waals surface area contributed by atoms with Crippen LogP contribution in [-0.4, -0.2) is 10.8 Å². The van der Waals surface area contributed by atoms with E-state index in [2.05, 4.69) is 5.32 Å². The third-order valence-electron chi connectivity index (χ3n) is 2.59. The lowest BCUT2D eigenvalue weighted by molar-refractivity contribution is -0.385. The number of anilines is 2. The molecule has 0 atom stereocenters. The first kappa shape index (κ1) is 13.5. The zero-order valence-electron chi connectivity index (χ0n) is 10.2. The Bertz CT molecular complexity index is 674. The van der Waals surface area contributed by atoms with Crippen molar-refractivity contribution >= 4 is 23.0 Å². The fourth-order valence-electron chi connectivity index (χ4n) is 1.63. The van der Waals surface area contributed by atoms with Crippen molar-refractivity contribution in [1.29, 1.82) is 0 Å². The predicted octanol–water partition coefficient (Wildman–Crippen LogP) is 2.57. The summed E-state index contributed by atoms with van der Waals surface area (Å²) in [5, 5.41) is 13.3. The number of nitro benzene ring substituents is 1. The molecule has 20 heavy (non-hydrogen) atoms. The number of para-hydroxylation sites is 1. The highest BCUT2D eigenvalue weighted by atomic mass is 19.1. The van der Waals surface area contributed by atoms with Gasteiger partial charge in [-0.1, -0.05) is 18.2 Å². The summed E-state index contributed by atoms with van der Waals surface area (Å²) >= 11 is 0. The maximum Gasteiger partial charge on any atom is 0.285 e. The van der Waals surface area contributed by atoms with E-state index in [0.717, 1.165) is 6.07 Å². The smallest absolute Gasteiger partial charge is 0.285 e. The van der Waals surface area contributed by atoms with E-state index in [4.69, 9.17) is 5.73 Å². The van der Waals surface area contributed by atoms with Gasteiger partial charge in [0.2, 0.25) is 0 Å². The molecule has 0 heterocycles. The number of carbonyl (C=O) groups is 1. The van der Waals surface area contributed by atoms with Gasteiger partial charge in [-0.25, -0.2) is 4.39 Å². The van der Waals surface area contributed by atoms with E-state index in [9.17, 15) is 19.3 Å². The first-order valence-corrected chi connectivity index (χ1v) is 5.59. The van der Waals surface area contributed by atoms with Crippen molar-refractivity contribution in [3.8, 4) is 0 Å². The van der Waals surface area contributed by atoms with E-state index in [1.165, 1.54) is 0 Å². The molecule has 0 radical (unpaired) electrons. The molecule has 0 saturated heterocycles. The van der Waals surface area contributed by atoms with E-state index in [-0.39, 0.29) is 11.3 Å². The summed E-state index contributed by atoms with van der Waals surface area (Å²) in [6.45, 7) is 0. The number of carbonyl (C=O) groups excluding carboxylic acids is 1. The van der Waals surface area contributed by atoms with Crippen molar-refractivity contribution in [2.45, 2.75) is 0 Å². The number of benzene rings is 2. The second-order valence-electron chi connectivity index (χ2n) is 3.97. The van der Waals surface area contributed by atoms with Gasteiger partial charge in [-0.15, -0.1) is 0 Å². The van der Waals surface area contributed by atoms with Crippen LogP contribution in [0.4, 0.5) is 21.5 Å². The van der Waals surface area contributed by atoms with Crippen molar-refractivity contribution < 1.29 is 14.1 Å². The molecule has 102 valence electrons. The molecule has 0 aromatic heterocycles. The Morgan fingerprint density at radius 1 is 1.25 bits per heavy atom. The summed E-state index contributed by atoms with van der Waals surface area (Å²) in [6.07, 6.45) is 0. The molecule has 0 spiro atoms. The average Bonchev–Trinajstić information content (AvgIpc) is 2.42. The SMILES string of the molecule is Nc1cc(C(=O)Nc2ccccc2)c([N+](=O)[O-])cc1F. The summed E-state index contributed by atoms with van der Waals surface area (Å²) in [7, 11) is 0. The Labute approximate surface area is 113 Å². The fraction of sp³-hybridized carbons (Fsp3) is 0. The molecule has 0 aliphatic carbocycles. The van der Waals surface area contributed by atoms with Gasteiger partial charge in [0.05, 0.1) is 16.7 Å². The van der Waals surface area contributed by atoms with Crippen LogP contribution >= 0.6 is 0 Å². The molecule has 0 aliphatic rings. The zero-order valence-corrected chi connectivity index (χ0v) is 10.2. The van der Waals surface area contributed by atoms with Crippen molar-refractivity contribution in [3.05, 3.63) is 64.0 Å². The molecule has 3 N–H and O–H groups in total. The van der Waals surface area contributed by atoms with Crippen LogP contribution in [-0.2, 0) is 0 Å². The van der Waals surface area contributed by atoms with Gasteiger partial charge in [0.25, 0.3) is 11.6 Å². The number of nitrogen functional groups attached to an aromatic ring is 1. The van der Waals surface area contributed by atoms with E-state index in [1.54, 1.807) is 30.3 Å². The van der Waals surface area contributed by atoms with Crippen molar-refractivity contribution in [3.63, 3.8) is 0 Å². The Morgan fingerprint density at radius 2 is 1.90 bits per heavy atom. The largest absolute Gasteiger partial charge is 0.396 e. The Morgan fingerprint density at radius 3 is 2.50 bits per heavy atom. The van der Waals surface area contributed by atoms with E-state index in [0.29, 0.717) is 11.8 Å². The molecular weight excluding hydrogens is 265 g/mol. The maximum atomic E-state index is 13.2. The standard InChI is InChI=1S/C13H10FN3O3/c14-10-7-12(17(19)20)9(6-11(10)15)13(18)16-8-4-2-1-3-5-8/h1-7H,15H2,(H,16,18). The van der Waals surface area contributed by atoms with E-state index >= 15 is 0 Å². The lowest BCUT2D eigenvalue weighted by Crippen LogP contribution is -2.14. The summed E-state index contributed by atoms with van der Waals surface area (Å²) in [5.74, 6) is -1.66. The van der Waals surface area contributed by atoms with Gasteiger partial charge < -0.3 is 11.1 Å². The lowest BCUT2D eigenvalue weighted by Gasteiger charge is -2.07. The number of nitrogens with two attached hydrogens (primary N) is 1. The highest BCUT2D eigenvalue weighted by Crippen LogP contribution is 2.25. The molecule has 0 fully saturated rings. The summed E-state index contributed by atoms with van der Waals surface area (Å²) in [4.78, 5) is 22.0. The van der Waals surface area contributed by atoms with E-state index < -0.39 is 22.3 Å². The number of halogens is 1. The summed E-state index contributed by atoms with van der Waals surface area (Å²) in [6, 6.07) is 9.98. The van der Waals surface area contributed by atoms with Crippen LogP contribution in [0, 0.1) is 15.9 Å². The van der Waals surface area contributed by atoms with Crippen LogP contribution in [0.2, 0.25) is 0 Å². The van der Waals surface area contributed by atoms with Gasteiger partial charge in [0.1, 0.15) is 5.56 Å². The number of nitrogens with zero attached hydrogens (tertiary/aromatic N) is 1. The number of hydrogen-bond acceptors (Lipinski definition) is 4. The molecule has 6 nitrogen and oxygen atoms in total.